The molecule has 0 spiro atoms. The van der Waals surface area contributed by atoms with Crippen molar-refractivity contribution in [3.8, 4) is 11.4 Å². The van der Waals surface area contributed by atoms with E-state index in [-0.39, 0.29) is 54.6 Å². The van der Waals surface area contributed by atoms with Crippen molar-refractivity contribution in [3.63, 3.8) is 0 Å². The number of aliphatic hydroxyl groups excluding tert-OH is 1. The Labute approximate surface area is 217 Å². The van der Waals surface area contributed by atoms with Gasteiger partial charge in [0.15, 0.2) is 5.60 Å². The summed E-state index contributed by atoms with van der Waals surface area (Å²) in [5.41, 5.74) is 2.23. The Morgan fingerprint density at radius 3 is 2.79 bits per heavy atom. The number of pyridine rings is 2. The number of benzene rings is 1. The minimum atomic E-state index is -1.95. The van der Waals surface area contributed by atoms with Crippen LogP contribution in [0, 0.1) is 18.7 Å². The van der Waals surface area contributed by atoms with Crippen LogP contribution in [-0.4, -0.2) is 38.2 Å². The number of halogens is 1. The van der Waals surface area contributed by atoms with Crippen LogP contribution in [0.5, 0.6) is 0 Å². The van der Waals surface area contributed by atoms with Crippen LogP contribution in [-0.2, 0) is 39.5 Å². The Morgan fingerprint density at radius 1 is 1.32 bits per heavy atom. The summed E-state index contributed by atoms with van der Waals surface area (Å²) in [6.45, 7) is 4.64. The van der Waals surface area contributed by atoms with E-state index in [0.29, 0.717) is 35.3 Å². The van der Waals surface area contributed by atoms with E-state index in [1.54, 1.807) is 26.8 Å². The average Bonchev–Trinajstić information content (AvgIpc) is 3.28. The standard InChI is InChI=1S/C28H28FN3O6/c1-4-28(37)17-7-21-24-15(9-32(21)26(35)16(17)11-38-27(28)36)23-19(31-25(34)12(2)10-33)6-5-14-13(3)18(29)8-20(30-24)22(14)23/h7-8,12,19,33,37H,4-6,9-11H2,1-3H3,(H,31,34)/t12?,19-,28-/m0/s1. The summed E-state index contributed by atoms with van der Waals surface area (Å²) in [4.78, 5) is 43.7. The second-order valence-electron chi connectivity index (χ2n) is 10.5. The van der Waals surface area contributed by atoms with Gasteiger partial charge in [0.2, 0.25) is 5.91 Å². The van der Waals surface area contributed by atoms with Crippen LogP contribution in [0.4, 0.5) is 4.39 Å². The van der Waals surface area contributed by atoms with Crippen molar-refractivity contribution in [1.82, 2.24) is 14.9 Å². The second-order valence-corrected chi connectivity index (χ2v) is 10.5. The molecule has 3 aromatic rings. The molecule has 0 fully saturated rings. The zero-order valence-corrected chi connectivity index (χ0v) is 21.4. The van der Waals surface area contributed by atoms with Gasteiger partial charge in [-0.05, 0) is 48.9 Å². The van der Waals surface area contributed by atoms with Crippen molar-refractivity contribution >= 4 is 22.8 Å². The van der Waals surface area contributed by atoms with E-state index in [9.17, 15) is 29.0 Å². The van der Waals surface area contributed by atoms with Crippen LogP contribution in [0.15, 0.2) is 16.9 Å². The van der Waals surface area contributed by atoms with Gasteiger partial charge in [-0.15, -0.1) is 0 Å². The van der Waals surface area contributed by atoms with Gasteiger partial charge in [-0.25, -0.2) is 14.2 Å². The van der Waals surface area contributed by atoms with Crippen molar-refractivity contribution in [1.29, 1.82) is 0 Å². The van der Waals surface area contributed by atoms with Crippen molar-refractivity contribution in [2.75, 3.05) is 6.61 Å². The number of cyclic esters (lactones) is 1. The van der Waals surface area contributed by atoms with Crippen LogP contribution in [0.1, 0.15) is 66.1 Å². The molecule has 0 saturated carbocycles. The summed E-state index contributed by atoms with van der Waals surface area (Å²) in [5.74, 6) is -2.09. The molecule has 1 aromatic carbocycles. The zero-order chi connectivity index (χ0) is 27.1. The van der Waals surface area contributed by atoms with Gasteiger partial charge in [-0.2, -0.15) is 0 Å². The number of aryl methyl sites for hydroxylation is 1. The number of esters is 1. The number of nitrogens with one attached hydrogen (secondary N) is 1. The number of aliphatic hydroxyl groups is 2. The number of amides is 1. The van der Waals surface area contributed by atoms with Gasteiger partial charge in [0.1, 0.15) is 12.4 Å². The molecule has 3 aliphatic rings. The molecule has 3 atom stereocenters. The highest BCUT2D eigenvalue weighted by Gasteiger charge is 2.46. The Hall–Kier alpha value is -3.63. The predicted octanol–water partition coefficient (Wildman–Crippen LogP) is 2.26. The first-order chi connectivity index (χ1) is 18.1. The van der Waals surface area contributed by atoms with E-state index in [0.717, 1.165) is 22.1 Å². The number of carbonyl (C=O) groups is 2. The second kappa shape index (κ2) is 8.44. The van der Waals surface area contributed by atoms with Crippen LogP contribution < -0.4 is 10.9 Å². The van der Waals surface area contributed by atoms with Gasteiger partial charge in [0, 0.05) is 22.6 Å². The van der Waals surface area contributed by atoms with Gasteiger partial charge in [-0.3, -0.25) is 9.59 Å². The fourth-order valence-electron chi connectivity index (χ4n) is 6.10. The molecule has 0 saturated heterocycles. The molecule has 38 heavy (non-hydrogen) atoms. The van der Waals surface area contributed by atoms with E-state index >= 15 is 0 Å². The van der Waals surface area contributed by atoms with Crippen molar-refractivity contribution < 1.29 is 28.9 Å². The number of rotatable bonds is 4. The van der Waals surface area contributed by atoms with Gasteiger partial charge in [0.05, 0.1) is 47.6 Å². The topological polar surface area (TPSA) is 131 Å². The Bertz CT molecular complexity index is 1630. The maximum atomic E-state index is 15.0. The first kappa shape index (κ1) is 24.7. The first-order valence-corrected chi connectivity index (χ1v) is 12.8. The van der Waals surface area contributed by atoms with E-state index in [1.807, 2.05) is 0 Å². The number of hydrogen-bond donors (Lipinski definition) is 3. The molecule has 1 aliphatic carbocycles. The molecular weight excluding hydrogens is 493 g/mol. The highest BCUT2D eigenvalue weighted by Crippen LogP contribution is 2.46. The molecule has 6 rings (SSSR count). The molecule has 10 heteroatoms. The molecule has 9 nitrogen and oxygen atoms in total. The van der Waals surface area contributed by atoms with Crippen LogP contribution >= 0.6 is 0 Å². The fraction of sp³-hybridized carbons (Fsp3) is 0.429. The summed E-state index contributed by atoms with van der Waals surface area (Å²) in [6.07, 6.45) is 1.08. The lowest BCUT2D eigenvalue weighted by atomic mass is 9.81. The highest BCUT2D eigenvalue weighted by atomic mass is 19.1. The van der Waals surface area contributed by atoms with Gasteiger partial charge >= 0.3 is 5.97 Å². The van der Waals surface area contributed by atoms with Gasteiger partial charge in [-0.1, -0.05) is 13.8 Å². The number of hydrogen-bond acceptors (Lipinski definition) is 7. The third-order valence-corrected chi connectivity index (χ3v) is 8.42. The molecule has 0 bridgehead atoms. The average molecular weight is 522 g/mol. The molecule has 4 heterocycles. The third-order valence-electron chi connectivity index (χ3n) is 8.42. The van der Waals surface area contributed by atoms with E-state index in [2.05, 4.69) is 5.32 Å². The normalized spacial score (nSPS) is 21.9. The summed E-state index contributed by atoms with van der Waals surface area (Å²) in [6, 6.07) is 2.57. The maximum absolute atomic E-state index is 15.0. The molecule has 3 N–H and O–H groups in total. The molecule has 1 amide bonds. The Morgan fingerprint density at radius 2 is 2.08 bits per heavy atom. The van der Waals surface area contributed by atoms with Crippen LogP contribution in [0.3, 0.4) is 0 Å². The number of carbonyl (C=O) groups excluding carboxylic acids is 2. The Balaban J connectivity index is 1.63. The SMILES string of the molecule is CC[C@@]1(O)C(=O)OCc2c1cc1n(c2=O)Cc2c-1nc1cc(F)c(C)c3c1c2[C@@H](NC(=O)C(C)CO)CC3. The molecule has 1 unspecified atom stereocenters. The Kier molecular flexibility index (Phi) is 5.48. The van der Waals surface area contributed by atoms with Crippen molar-refractivity contribution in [3.05, 3.63) is 61.7 Å². The number of ether oxygens (including phenoxy) is 1. The number of aromatic nitrogens is 2. The van der Waals surface area contributed by atoms with Gasteiger partial charge < -0.3 is 24.8 Å². The minimum absolute atomic E-state index is 0.0238. The molecule has 0 radical (unpaired) electrons. The summed E-state index contributed by atoms with van der Waals surface area (Å²) >= 11 is 0. The highest BCUT2D eigenvalue weighted by molar-refractivity contribution is 5.94. The van der Waals surface area contributed by atoms with Crippen LogP contribution in [0.2, 0.25) is 0 Å². The summed E-state index contributed by atoms with van der Waals surface area (Å²) in [7, 11) is 0. The van der Waals surface area contributed by atoms with E-state index in [1.165, 1.54) is 10.6 Å². The quantitative estimate of drug-likeness (QED) is 0.351. The summed E-state index contributed by atoms with van der Waals surface area (Å²) in [5, 5.41) is 24.5. The summed E-state index contributed by atoms with van der Waals surface area (Å²) < 4.78 is 21.7. The predicted molar refractivity (Wildman–Crippen MR) is 135 cm³/mol. The molecule has 198 valence electrons. The van der Waals surface area contributed by atoms with E-state index in [4.69, 9.17) is 9.72 Å². The lowest BCUT2D eigenvalue weighted by Crippen LogP contribution is -2.44. The minimum Gasteiger partial charge on any atom is -0.458 e. The monoisotopic (exact) mass is 521 g/mol. The molecule has 2 aromatic heterocycles. The van der Waals surface area contributed by atoms with Crippen molar-refractivity contribution in [2.24, 2.45) is 5.92 Å². The fourth-order valence-corrected chi connectivity index (χ4v) is 6.10. The molecular formula is C28H28FN3O6. The van der Waals surface area contributed by atoms with Crippen molar-refractivity contribution in [2.45, 2.75) is 64.8 Å². The maximum Gasteiger partial charge on any atom is 0.343 e. The number of fused-ring (bicyclic) bond motifs is 5. The molecule has 2 aliphatic heterocycles. The number of nitrogens with zero attached hydrogens (tertiary/aromatic N) is 2. The smallest absolute Gasteiger partial charge is 0.343 e. The lowest BCUT2D eigenvalue weighted by Gasteiger charge is -2.31. The third kappa shape index (κ3) is 3.23. The zero-order valence-electron chi connectivity index (χ0n) is 21.4. The lowest BCUT2D eigenvalue weighted by molar-refractivity contribution is -0.172. The van der Waals surface area contributed by atoms with E-state index < -0.39 is 23.5 Å². The first-order valence-electron chi connectivity index (χ1n) is 12.8. The van der Waals surface area contributed by atoms with Gasteiger partial charge in [0.25, 0.3) is 5.56 Å². The largest absolute Gasteiger partial charge is 0.458 e. The van der Waals surface area contributed by atoms with Crippen LogP contribution in [0.25, 0.3) is 22.3 Å².